The molecule has 2 aromatic rings. The van der Waals surface area contributed by atoms with E-state index in [0.29, 0.717) is 10.6 Å². The number of sulfone groups is 1. The van der Waals surface area contributed by atoms with Crippen LogP contribution in [-0.2, 0) is 19.9 Å². The Morgan fingerprint density at radius 3 is 2.57 bits per heavy atom. The molecule has 6 nitrogen and oxygen atoms in total. The molecule has 1 saturated heterocycles. The van der Waals surface area contributed by atoms with E-state index in [1.807, 2.05) is 0 Å². The molecule has 1 atom stereocenters. The monoisotopic (exact) mass is 447 g/mol. The molecule has 0 radical (unpaired) electrons. The molecule has 0 amide bonds. The zero-order valence-corrected chi connectivity index (χ0v) is 17.4. The van der Waals surface area contributed by atoms with Crippen molar-refractivity contribution in [3.8, 4) is 5.75 Å². The lowest BCUT2D eigenvalue weighted by Gasteiger charge is -2.21. The van der Waals surface area contributed by atoms with Gasteiger partial charge in [-0.15, -0.1) is 0 Å². The fourth-order valence-electron chi connectivity index (χ4n) is 3.24. The fraction of sp³-hybridized carbons (Fsp3) is 0.333. The summed E-state index contributed by atoms with van der Waals surface area (Å²) in [6, 6.07) is 9.81. The number of hydrogen-bond donors (Lipinski definition) is 0. The van der Waals surface area contributed by atoms with Crippen LogP contribution in [0.1, 0.15) is 17.2 Å². The first-order valence-electron chi connectivity index (χ1n) is 8.46. The molecule has 0 aliphatic carbocycles. The van der Waals surface area contributed by atoms with Crippen LogP contribution in [0.3, 0.4) is 0 Å². The van der Waals surface area contributed by atoms with Crippen molar-refractivity contribution in [3.05, 3.63) is 58.9 Å². The SMILES string of the molecule is COc1ccc(F)cc1S(=O)(=O)N1CC[C@@H](c2ccccc2Cl)S(=O)(=O)CC1. The van der Waals surface area contributed by atoms with E-state index in [2.05, 4.69) is 0 Å². The maximum Gasteiger partial charge on any atom is 0.246 e. The summed E-state index contributed by atoms with van der Waals surface area (Å²) in [6.45, 7) is -0.275. The van der Waals surface area contributed by atoms with Crippen molar-refractivity contribution in [1.82, 2.24) is 4.31 Å². The van der Waals surface area contributed by atoms with E-state index in [4.69, 9.17) is 16.3 Å². The normalized spacial score (nSPS) is 20.5. The van der Waals surface area contributed by atoms with E-state index < -0.39 is 30.9 Å². The van der Waals surface area contributed by atoms with E-state index in [1.165, 1.54) is 13.2 Å². The minimum Gasteiger partial charge on any atom is -0.495 e. The van der Waals surface area contributed by atoms with Gasteiger partial charge in [-0.2, -0.15) is 4.31 Å². The second-order valence-corrected chi connectivity index (χ2v) is 11.0. The summed E-state index contributed by atoms with van der Waals surface area (Å²) in [5, 5.41) is -0.588. The van der Waals surface area contributed by atoms with Gasteiger partial charge < -0.3 is 4.74 Å². The number of sulfonamides is 1. The van der Waals surface area contributed by atoms with Crippen molar-refractivity contribution >= 4 is 31.5 Å². The molecule has 0 bridgehead atoms. The van der Waals surface area contributed by atoms with Gasteiger partial charge in [0.05, 0.1) is 18.1 Å². The molecule has 152 valence electrons. The minimum absolute atomic E-state index is 0.00356. The van der Waals surface area contributed by atoms with Gasteiger partial charge in [0.25, 0.3) is 0 Å². The molecule has 2 aromatic carbocycles. The molecule has 28 heavy (non-hydrogen) atoms. The third kappa shape index (κ3) is 4.03. The molecule has 0 spiro atoms. The number of rotatable bonds is 4. The first kappa shape index (κ1) is 21.0. The molecule has 0 saturated carbocycles. The first-order valence-corrected chi connectivity index (χ1v) is 12.0. The maximum absolute atomic E-state index is 13.7. The molecular weight excluding hydrogens is 429 g/mol. The first-order chi connectivity index (χ1) is 13.2. The van der Waals surface area contributed by atoms with Crippen LogP contribution < -0.4 is 4.74 Å². The van der Waals surface area contributed by atoms with Crippen LogP contribution in [0.4, 0.5) is 4.39 Å². The average Bonchev–Trinajstić information content (AvgIpc) is 2.80. The highest BCUT2D eigenvalue weighted by Crippen LogP contribution is 2.36. The Kier molecular flexibility index (Phi) is 6.00. The quantitative estimate of drug-likeness (QED) is 0.719. The average molecular weight is 448 g/mol. The molecule has 0 unspecified atom stereocenters. The molecule has 0 aromatic heterocycles. The van der Waals surface area contributed by atoms with Gasteiger partial charge in [0, 0.05) is 18.1 Å². The number of nitrogens with zero attached hydrogens (tertiary/aromatic N) is 1. The molecule has 1 aliphatic heterocycles. The zero-order chi connectivity index (χ0) is 20.5. The van der Waals surface area contributed by atoms with Crippen LogP contribution in [0.25, 0.3) is 0 Å². The largest absolute Gasteiger partial charge is 0.495 e. The van der Waals surface area contributed by atoms with E-state index in [1.54, 1.807) is 24.3 Å². The van der Waals surface area contributed by atoms with Crippen molar-refractivity contribution in [1.29, 1.82) is 0 Å². The number of methoxy groups -OCH3 is 1. The van der Waals surface area contributed by atoms with Crippen molar-refractivity contribution in [3.63, 3.8) is 0 Å². The Balaban J connectivity index is 1.97. The van der Waals surface area contributed by atoms with E-state index in [0.717, 1.165) is 16.4 Å². The van der Waals surface area contributed by atoms with Gasteiger partial charge in [0.15, 0.2) is 9.84 Å². The Morgan fingerprint density at radius 2 is 1.89 bits per heavy atom. The molecule has 1 heterocycles. The molecule has 0 N–H and O–H groups in total. The fourth-order valence-corrected chi connectivity index (χ4v) is 7.13. The second-order valence-electron chi connectivity index (χ2n) is 6.37. The van der Waals surface area contributed by atoms with Crippen LogP contribution in [-0.4, -0.2) is 47.1 Å². The molecule has 1 fully saturated rings. The third-order valence-corrected chi connectivity index (χ3v) is 9.07. The Labute approximate surface area is 168 Å². The number of benzene rings is 2. The lowest BCUT2D eigenvalue weighted by atomic mass is 10.1. The van der Waals surface area contributed by atoms with Gasteiger partial charge in [0.2, 0.25) is 10.0 Å². The highest BCUT2D eigenvalue weighted by atomic mass is 35.5. The number of hydrogen-bond acceptors (Lipinski definition) is 5. The second kappa shape index (κ2) is 7.98. The Bertz CT molecular complexity index is 1090. The summed E-state index contributed by atoms with van der Waals surface area (Å²) in [7, 11) is -6.49. The summed E-state index contributed by atoms with van der Waals surface area (Å²) in [5.74, 6) is -1.09. The molecular formula is C18H19ClFNO5S2. The number of halogens is 2. The smallest absolute Gasteiger partial charge is 0.246 e. The lowest BCUT2D eigenvalue weighted by Crippen LogP contribution is -2.34. The van der Waals surface area contributed by atoms with Gasteiger partial charge in [0.1, 0.15) is 16.5 Å². The van der Waals surface area contributed by atoms with Crippen molar-refractivity contribution in [2.75, 3.05) is 26.0 Å². The predicted molar refractivity (Wildman–Crippen MR) is 104 cm³/mol. The van der Waals surface area contributed by atoms with E-state index in [-0.39, 0.29) is 35.9 Å². The summed E-state index contributed by atoms with van der Waals surface area (Å²) < 4.78 is 71.4. The molecule has 10 heteroatoms. The van der Waals surface area contributed by atoms with Gasteiger partial charge >= 0.3 is 0 Å². The van der Waals surface area contributed by atoms with Crippen molar-refractivity contribution in [2.24, 2.45) is 0 Å². The van der Waals surface area contributed by atoms with Gasteiger partial charge in [-0.25, -0.2) is 21.2 Å². The highest BCUT2D eigenvalue weighted by molar-refractivity contribution is 7.92. The van der Waals surface area contributed by atoms with Gasteiger partial charge in [-0.3, -0.25) is 0 Å². The Morgan fingerprint density at radius 1 is 1.18 bits per heavy atom. The summed E-state index contributed by atoms with van der Waals surface area (Å²) in [6.07, 6.45) is 0.0446. The topological polar surface area (TPSA) is 80.8 Å². The third-order valence-electron chi connectivity index (χ3n) is 4.69. The summed E-state index contributed by atoms with van der Waals surface area (Å²) in [5.41, 5.74) is 0.451. The molecule has 1 aliphatic rings. The maximum atomic E-state index is 13.7. The Hall–Kier alpha value is -1.68. The van der Waals surface area contributed by atoms with Crippen LogP contribution in [0.2, 0.25) is 5.02 Å². The number of ether oxygens (including phenoxy) is 1. The van der Waals surface area contributed by atoms with Crippen LogP contribution in [0.5, 0.6) is 5.75 Å². The van der Waals surface area contributed by atoms with Crippen LogP contribution in [0, 0.1) is 5.82 Å². The molecule has 3 rings (SSSR count). The van der Waals surface area contributed by atoms with Gasteiger partial charge in [-0.05, 0) is 36.2 Å². The van der Waals surface area contributed by atoms with E-state index in [9.17, 15) is 21.2 Å². The predicted octanol–water partition coefficient (Wildman–Crippen LogP) is 3.04. The van der Waals surface area contributed by atoms with Gasteiger partial charge in [-0.1, -0.05) is 29.8 Å². The lowest BCUT2D eigenvalue weighted by molar-refractivity contribution is 0.391. The van der Waals surface area contributed by atoms with Crippen LogP contribution in [0.15, 0.2) is 47.4 Å². The standard InChI is InChI=1S/C18H19ClFNO5S2/c1-26-16-7-6-13(20)12-18(16)28(24,25)21-9-8-17(27(22,23)11-10-21)14-4-2-3-5-15(14)19/h2-7,12,17H,8-11H2,1H3/t17-/m0/s1. The van der Waals surface area contributed by atoms with Crippen molar-refractivity contribution < 1.29 is 26.0 Å². The van der Waals surface area contributed by atoms with Crippen molar-refractivity contribution in [2.45, 2.75) is 16.6 Å². The highest BCUT2D eigenvalue weighted by Gasteiger charge is 2.37. The zero-order valence-electron chi connectivity index (χ0n) is 15.0. The minimum atomic E-state index is -4.15. The van der Waals surface area contributed by atoms with E-state index >= 15 is 0 Å². The summed E-state index contributed by atoms with van der Waals surface area (Å²) in [4.78, 5) is -0.330. The summed E-state index contributed by atoms with van der Waals surface area (Å²) >= 11 is 6.16. The van der Waals surface area contributed by atoms with Crippen LogP contribution >= 0.6 is 11.6 Å².